The number of rotatable bonds is 3. The zero-order valence-electron chi connectivity index (χ0n) is 20.8. The van der Waals surface area contributed by atoms with Gasteiger partial charge in [0.05, 0.1) is 28.0 Å². The maximum Gasteiger partial charge on any atom is 0.0891 e. The van der Waals surface area contributed by atoms with E-state index in [4.69, 9.17) is 0 Å². The van der Waals surface area contributed by atoms with Crippen molar-refractivity contribution in [3.63, 3.8) is 0 Å². The Bertz CT molecular complexity index is 1810. The summed E-state index contributed by atoms with van der Waals surface area (Å²) in [5.74, 6) is 0. The molecule has 6 aromatic rings. The lowest BCUT2D eigenvalue weighted by atomic mass is 9.96. The summed E-state index contributed by atoms with van der Waals surface area (Å²) >= 11 is 1.88. The Labute approximate surface area is 228 Å². The second kappa shape index (κ2) is 9.01. The average molecular weight is 526 g/mol. The quantitative estimate of drug-likeness (QED) is 0.273. The molecule has 0 spiro atoms. The summed E-state index contributed by atoms with van der Waals surface area (Å²) in [5.41, 5.74) is 6.71. The molecule has 2 aliphatic heterocycles. The van der Waals surface area contributed by atoms with E-state index in [0.717, 1.165) is 0 Å². The normalized spacial score (nSPS) is 21.1. The monoisotopic (exact) mass is 525 g/mol. The largest absolute Gasteiger partial charge is 0.279 e. The summed E-state index contributed by atoms with van der Waals surface area (Å²) in [6, 6.07) is 42.3. The zero-order valence-corrected chi connectivity index (χ0v) is 23.0. The summed E-state index contributed by atoms with van der Waals surface area (Å²) in [4.78, 5) is 0. The Morgan fingerprint density at radius 1 is 0.526 bits per heavy atom. The van der Waals surface area contributed by atoms with Crippen LogP contribution in [0.25, 0.3) is 31.3 Å². The van der Waals surface area contributed by atoms with Crippen molar-refractivity contribution >= 4 is 51.4 Å². The van der Waals surface area contributed by atoms with Crippen LogP contribution in [-0.4, -0.2) is 9.52 Å². The first kappa shape index (κ1) is 22.4. The van der Waals surface area contributed by atoms with Crippen LogP contribution in [0.1, 0.15) is 35.2 Å². The first-order valence-electron chi connectivity index (χ1n) is 13.3. The molecule has 2 aliphatic rings. The Hall–Kier alpha value is -3.58. The van der Waals surface area contributed by atoms with Crippen LogP contribution in [0.3, 0.4) is 0 Å². The van der Waals surface area contributed by atoms with Crippen LogP contribution < -0.4 is 26.3 Å². The molecular weight excluding hydrogens is 499 g/mol. The third kappa shape index (κ3) is 3.67. The molecule has 8 rings (SSSR count). The maximum atomic E-state index is 3.94. The topological polar surface area (TPSA) is 36.1 Å². The van der Waals surface area contributed by atoms with E-state index in [1.165, 1.54) is 48.0 Å². The first-order valence-corrected chi connectivity index (χ1v) is 15.5. The Kier molecular flexibility index (Phi) is 5.31. The van der Waals surface area contributed by atoms with Gasteiger partial charge in [-0.25, -0.2) is 0 Å². The van der Waals surface area contributed by atoms with Crippen LogP contribution in [0.2, 0.25) is 0 Å². The SMILES string of the molecule is c1ccc(C2NC(c3ccc4c(c3)sc3ccccc34)NC(c3cccc4c3-c3ccccc3[SiH2]4)N2)cc1. The van der Waals surface area contributed by atoms with Crippen molar-refractivity contribution in [3.8, 4) is 11.1 Å². The molecule has 1 fully saturated rings. The van der Waals surface area contributed by atoms with Crippen molar-refractivity contribution in [3.05, 3.63) is 132 Å². The van der Waals surface area contributed by atoms with Crippen LogP contribution in [0.15, 0.2) is 115 Å². The van der Waals surface area contributed by atoms with Crippen molar-refractivity contribution in [2.24, 2.45) is 0 Å². The minimum absolute atomic E-state index is 0.00539. The van der Waals surface area contributed by atoms with Crippen LogP contribution in [-0.2, 0) is 0 Å². The second-order valence-electron chi connectivity index (χ2n) is 10.3. The van der Waals surface area contributed by atoms with Gasteiger partial charge < -0.3 is 0 Å². The molecule has 3 heterocycles. The fourth-order valence-electron chi connectivity index (χ4n) is 6.24. The molecule has 5 heteroatoms. The summed E-state index contributed by atoms with van der Waals surface area (Å²) in [5, 5.41) is 17.5. The number of hydrogen-bond donors (Lipinski definition) is 3. The molecular formula is C33H27N3SSi. The second-order valence-corrected chi connectivity index (χ2v) is 13.2. The molecule has 38 heavy (non-hydrogen) atoms. The fourth-order valence-corrected chi connectivity index (χ4v) is 9.37. The molecule has 0 bridgehead atoms. The van der Waals surface area contributed by atoms with E-state index in [-0.39, 0.29) is 18.5 Å². The molecule has 0 amide bonds. The number of thiophene rings is 1. The Morgan fingerprint density at radius 3 is 2.16 bits per heavy atom. The molecule has 0 aliphatic carbocycles. The van der Waals surface area contributed by atoms with Crippen LogP contribution in [0, 0.1) is 0 Å². The van der Waals surface area contributed by atoms with Crippen molar-refractivity contribution < 1.29 is 0 Å². The van der Waals surface area contributed by atoms with Gasteiger partial charge in [0.1, 0.15) is 0 Å². The van der Waals surface area contributed by atoms with Crippen molar-refractivity contribution in [2.45, 2.75) is 18.5 Å². The van der Waals surface area contributed by atoms with Crippen LogP contribution >= 0.6 is 11.3 Å². The van der Waals surface area contributed by atoms with Crippen molar-refractivity contribution in [1.29, 1.82) is 0 Å². The van der Waals surface area contributed by atoms with E-state index in [0.29, 0.717) is 0 Å². The van der Waals surface area contributed by atoms with Gasteiger partial charge in [-0.15, -0.1) is 11.3 Å². The lowest BCUT2D eigenvalue weighted by Gasteiger charge is -2.40. The van der Waals surface area contributed by atoms with E-state index < -0.39 is 9.52 Å². The number of hydrogen-bond acceptors (Lipinski definition) is 4. The Balaban J connectivity index is 1.23. The van der Waals surface area contributed by atoms with Gasteiger partial charge >= 0.3 is 0 Å². The highest BCUT2D eigenvalue weighted by molar-refractivity contribution is 7.25. The van der Waals surface area contributed by atoms with Gasteiger partial charge in [-0.05, 0) is 39.9 Å². The number of fused-ring (bicyclic) bond motifs is 6. The maximum absolute atomic E-state index is 3.94. The smallest absolute Gasteiger partial charge is 0.0891 e. The highest BCUT2D eigenvalue weighted by Gasteiger charge is 2.33. The van der Waals surface area contributed by atoms with Crippen molar-refractivity contribution in [2.75, 3.05) is 0 Å². The summed E-state index contributed by atoms with van der Waals surface area (Å²) in [6.07, 6.45) is 0.0424. The van der Waals surface area contributed by atoms with Gasteiger partial charge in [0.25, 0.3) is 0 Å². The predicted octanol–water partition coefficient (Wildman–Crippen LogP) is 5.33. The third-order valence-electron chi connectivity index (χ3n) is 8.03. The van der Waals surface area contributed by atoms with Crippen LogP contribution in [0.4, 0.5) is 0 Å². The van der Waals surface area contributed by atoms with Crippen LogP contribution in [0.5, 0.6) is 0 Å². The summed E-state index contributed by atoms with van der Waals surface area (Å²) < 4.78 is 2.67. The molecule has 1 saturated heterocycles. The van der Waals surface area contributed by atoms with Crippen molar-refractivity contribution in [1.82, 2.24) is 16.0 Å². The number of benzene rings is 5. The fraction of sp³-hybridized carbons (Fsp3) is 0.0909. The zero-order chi connectivity index (χ0) is 25.1. The molecule has 3 N–H and O–H groups in total. The summed E-state index contributed by atoms with van der Waals surface area (Å²) in [7, 11) is -0.450. The minimum atomic E-state index is -0.450. The van der Waals surface area contributed by atoms with E-state index >= 15 is 0 Å². The average Bonchev–Trinajstić information content (AvgIpc) is 3.55. The molecule has 3 atom stereocenters. The molecule has 3 nitrogen and oxygen atoms in total. The molecule has 1 aromatic heterocycles. The molecule has 184 valence electrons. The van der Waals surface area contributed by atoms with Gasteiger partial charge in [0.2, 0.25) is 0 Å². The highest BCUT2D eigenvalue weighted by atomic mass is 32.1. The van der Waals surface area contributed by atoms with Gasteiger partial charge in [-0.2, -0.15) is 0 Å². The van der Waals surface area contributed by atoms with Gasteiger partial charge in [0, 0.05) is 20.2 Å². The molecule has 5 aromatic carbocycles. The number of nitrogens with one attached hydrogen (secondary N) is 3. The third-order valence-corrected chi connectivity index (χ3v) is 11.1. The standard InChI is InChI=1S/C33H27N3SSi/c1-2-9-20(10-3-1)31-34-32(21-17-18-23-22-11-4-6-14-26(22)37-27(23)19-21)36-33(35-31)25-13-8-16-29-30(25)24-12-5-7-15-28(24)38-29/h1-19,31-36H,38H2. The van der Waals surface area contributed by atoms with Gasteiger partial charge in [-0.3, -0.25) is 16.0 Å². The molecule has 3 unspecified atom stereocenters. The van der Waals surface area contributed by atoms with E-state index in [1.54, 1.807) is 10.4 Å². The van der Waals surface area contributed by atoms with Gasteiger partial charge in [0.15, 0.2) is 0 Å². The predicted molar refractivity (Wildman–Crippen MR) is 163 cm³/mol. The lowest BCUT2D eigenvalue weighted by Crippen LogP contribution is -2.54. The first-order chi connectivity index (χ1) is 18.8. The van der Waals surface area contributed by atoms with E-state index in [1.807, 2.05) is 11.3 Å². The Morgan fingerprint density at radius 2 is 1.24 bits per heavy atom. The van der Waals surface area contributed by atoms with E-state index in [9.17, 15) is 0 Å². The lowest BCUT2D eigenvalue weighted by molar-refractivity contribution is 0.204. The highest BCUT2D eigenvalue weighted by Crippen LogP contribution is 2.37. The summed E-state index contributed by atoms with van der Waals surface area (Å²) in [6.45, 7) is 0. The van der Waals surface area contributed by atoms with E-state index in [2.05, 4.69) is 131 Å². The van der Waals surface area contributed by atoms with Gasteiger partial charge in [-0.1, -0.05) is 114 Å². The minimum Gasteiger partial charge on any atom is -0.279 e. The molecule has 0 saturated carbocycles. The molecule has 0 radical (unpaired) electrons.